The van der Waals surface area contributed by atoms with Gasteiger partial charge in [0.1, 0.15) is 0 Å². The van der Waals surface area contributed by atoms with Crippen LogP contribution >= 0.6 is 0 Å². The van der Waals surface area contributed by atoms with Crippen molar-refractivity contribution in [2.45, 2.75) is 38.7 Å². The lowest BCUT2D eigenvalue weighted by atomic mass is 9.97. The van der Waals surface area contributed by atoms with E-state index in [-0.39, 0.29) is 6.54 Å². The van der Waals surface area contributed by atoms with E-state index in [0.717, 1.165) is 45.4 Å². The van der Waals surface area contributed by atoms with Crippen molar-refractivity contribution >= 4 is 5.97 Å². The average molecular weight is 258 g/mol. The Hall–Kier alpha value is -0.650. The van der Waals surface area contributed by atoms with Crippen LogP contribution in [-0.2, 0) is 4.79 Å². The van der Waals surface area contributed by atoms with Gasteiger partial charge in [0.15, 0.2) is 0 Å². The standard InChI is InChI=1S/C13H26N2O3/c1-3-13(18,4-2)11-15-7-5-6-14(8-9-15)10-12(16)17/h18H,3-11H2,1-2H3,(H,16,17). The zero-order valence-corrected chi connectivity index (χ0v) is 11.6. The maximum Gasteiger partial charge on any atom is 0.317 e. The number of nitrogens with zero attached hydrogens (tertiary/aromatic N) is 2. The molecule has 5 nitrogen and oxygen atoms in total. The van der Waals surface area contributed by atoms with E-state index in [0.29, 0.717) is 6.54 Å². The van der Waals surface area contributed by atoms with Crippen LogP contribution < -0.4 is 0 Å². The van der Waals surface area contributed by atoms with E-state index in [1.165, 1.54) is 0 Å². The lowest BCUT2D eigenvalue weighted by Gasteiger charge is -2.32. The van der Waals surface area contributed by atoms with Crippen LogP contribution in [0.4, 0.5) is 0 Å². The van der Waals surface area contributed by atoms with Crippen LogP contribution in [0.1, 0.15) is 33.1 Å². The second-order valence-corrected chi connectivity index (χ2v) is 5.23. The molecule has 1 aliphatic rings. The molecule has 1 fully saturated rings. The number of aliphatic hydroxyl groups is 1. The first-order valence-corrected chi connectivity index (χ1v) is 6.88. The fraction of sp³-hybridized carbons (Fsp3) is 0.923. The Morgan fingerprint density at radius 2 is 1.67 bits per heavy atom. The number of hydrogen-bond acceptors (Lipinski definition) is 4. The Kier molecular flexibility index (Phi) is 6.05. The van der Waals surface area contributed by atoms with Crippen LogP contribution in [0.3, 0.4) is 0 Å². The molecule has 1 aliphatic heterocycles. The number of aliphatic carboxylic acids is 1. The Labute approximate surface area is 109 Å². The van der Waals surface area contributed by atoms with E-state index in [9.17, 15) is 9.90 Å². The molecule has 2 N–H and O–H groups in total. The van der Waals surface area contributed by atoms with Crippen molar-refractivity contribution in [1.29, 1.82) is 0 Å². The smallest absolute Gasteiger partial charge is 0.317 e. The van der Waals surface area contributed by atoms with Crippen molar-refractivity contribution in [3.8, 4) is 0 Å². The molecule has 1 heterocycles. The highest BCUT2D eigenvalue weighted by Gasteiger charge is 2.26. The minimum atomic E-state index is -0.762. The van der Waals surface area contributed by atoms with Gasteiger partial charge in [-0.05, 0) is 25.8 Å². The second-order valence-electron chi connectivity index (χ2n) is 5.23. The SMILES string of the molecule is CCC(O)(CC)CN1CCCN(CC(=O)O)CC1. The van der Waals surface area contributed by atoms with Gasteiger partial charge in [-0.15, -0.1) is 0 Å². The summed E-state index contributed by atoms with van der Waals surface area (Å²) in [5, 5.41) is 19.1. The molecular weight excluding hydrogens is 232 g/mol. The molecule has 0 radical (unpaired) electrons. The first-order valence-electron chi connectivity index (χ1n) is 6.88. The maximum absolute atomic E-state index is 10.7. The molecule has 0 aliphatic carbocycles. The van der Waals surface area contributed by atoms with Crippen LogP contribution in [0.15, 0.2) is 0 Å². The first-order chi connectivity index (χ1) is 8.49. The summed E-state index contributed by atoms with van der Waals surface area (Å²) in [5.74, 6) is -0.762. The van der Waals surface area contributed by atoms with E-state index in [4.69, 9.17) is 5.11 Å². The van der Waals surface area contributed by atoms with Crippen molar-refractivity contribution < 1.29 is 15.0 Å². The second kappa shape index (κ2) is 7.07. The third-order valence-corrected chi connectivity index (χ3v) is 3.87. The normalized spacial score (nSPS) is 19.7. The van der Waals surface area contributed by atoms with Crippen LogP contribution in [0.5, 0.6) is 0 Å². The summed E-state index contributed by atoms with van der Waals surface area (Å²) < 4.78 is 0. The number of hydrogen-bond donors (Lipinski definition) is 2. The van der Waals surface area contributed by atoms with E-state index in [1.54, 1.807) is 0 Å². The van der Waals surface area contributed by atoms with E-state index >= 15 is 0 Å². The van der Waals surface area contributed by atoms with Crippen LogP contribution in [0.2, 0.25) is 0 Å². The number of carboxylic acids is 1. The van der Waals surface area contributed by atoms with Gasteiger partial charge in [0.2, 0.25) is 0 Å². The van der Waals surface area contributed by atoms with Crippen molar-refractivity contribution in [3.05, 3.63) is 0 Å². The van der Waals surface area contributed by atoms with Gasteiger partial charge in [0.05, 0.1) is 12.1 Å². The summed E-state index contributed by atoms with van der Waals surface area (Å²) in [7, 11) is 0. The topological polar surface area (TPSA) is 64.0 Å². The maximum atomic E-state index is 10.7. The molecule has 1 saturated heterocycles. The molecular formula is C13H26N2O3. The molecule has 5 heteroatoms. The number of rotatable bonds is 6. The molecule has 0 unspecified atom stereocenters. The Balaban J connectivity index is 2.44. The minimum Gasteiger partial charge on any atom is -0.480 e. The molecule has 0 spiro atoms. The third-order valence-electron chi connectivity index (χ3n) is 3.87. The highest BCUT2D eigenvalue weighted by molar-refractivity contribution is 5.69. The zero-order valence-electron chi connectivity index (χ0n) is 11.6. The lowest BCUT2D eigenvalue weighted by molar-refractivity contribution is -0.138. The first kappa shape index (κ1) is 15.4. The summed E-state index contributed by atoms with van der Waals surface area (Å²) in [4.78, 5) is 14.9. The monoisotopic (exact) mass is 258 g/mol. The lowest BCUT2D eigenvalue weighted by Crippen LogP contribution is -2.44. The molecule has 0 atom stereocenters. The highest BCUT2D eigenvalue weighted by atomic mass is 16.4. The fourth-order valence-corrected chi connectivity index (χ4v) is 2.42. The summed E-state index contributed by atoms with van der Waals surface area (Å²) in [5.41, 5.74) is -0.595. The van der Waals surface area contributed by atoms with Gasteiger partial charge in [0.25, 0.3) is 0 Å². The Morgan fingerprint density at radius 1 is 1.11 bits per heavy atom. The average Bonchev–Trinajstić information content (AvgIpc) is 2.54. The van der Waals surface area contributed by atoms with Crippen molar-refractivity contribution in [1.82, 2.24) is 9.80 Å². The van der Waals surface area contributed by atoms with Gasteiger partial charge in [-0.25, -0.2) is 0 Å². The van der Waals surface area contributed by atoms with Crippen molar-refractivity contribution in [2.24, 2.45) is 0 Å². The highest BCUT2D eigenvalue weighted by Crippen LogP contribution is 2.17. The molecule has 18 heavy (non-hydrogen) atoms. The summed E-state index contributed by atoms with van der Waals surface area (Å²) in [6, 6.07) is 0. The molecule has 0 aromatic carbocycles. The Bertz CT molecular complexity index is 267. The predicted octanol–water partition coefficient (Wildman–Crippen LogP) is 0.630. The molecule has 1 rings (SSSR count). The summed E-state index contributed by atoms with van der Waals surface area (Å²) in [6.45, 7) is 8.24. The molecule has 0 bridgehead atoms. The predicted molar refractivity (Wildman–Crippen MR) is 70.7 cm³/mol. The fourth-order valence-electron chi connectivity index (χ4n) is 2.42. The van der Waals surface area contributed by atoms with E-state index in [1.807, 2.05) is 18.7 Å². The van der Waals surface area contributed by atoms with Gasteiger partial charge in [0, 0.05) is 26.2 Å². The molecule has 106 valence electrons. The largest absolute Gasteiger partial charge is 0.480 e. The van der Waals surface area contributed by atoms with Crippen molar-refractivity contribution in [3.63, 3.8) is 0 Å². The van der Waals surface area contributed by atoms with Gasteiger partial charge in [-0.3, -0.25) is 14.6 Å². The van der Waals surface area contributed by atoms with Crippen molar-refractivity contribution in [2.75, 3.05) is 39.3 Å². The Morgan fingerprint density at radius 3 is 2.22 bits per heavy atom. The van der Waals surface area contributed by atoms with Gasteiger partial charge < -0.3 is 10.2 Å². The summed E-state index contributed by atoms with van der Waals surface area (Å²) in [6.07, 6.45) is 2.49. The van der Waals surface area contributed by atoms with E-state index in [2.05, 4.69) is 4.90 Å². The number of carbonyl (C=O) groups is 1. The number of β-amino-alcohol motifs (C(OH)–C–C–N with tert-alkyl or cyclic N) is 1. The van der Waals surface area contributed by atoms with Crippen LogP contribution in [0, 0.1) is 0 Å². The number of carboxylic acid groups (broad SMARTS) is 1. The summed E-state index contributed by atoms with van der Waals surface area (Å²) >= 11 is 0. The molecule has 0 aromatic rings. The van der Waals surface area contributed by atoms with Gasteiger partial charge in [-0.2, -0.15) is 0 Å². The van der Waals surface area contributed by atoms with Crippen LogP contribution in [0.25, 0.3) is 0 Å². The molecule has 0 amide bonds. The third kappa shape index (κ3) is 4.92. The quantitative estimate of drug-likeness (QED) is 0.731. The van der Waals surface area contributed by atoms with Gasteiger partial charge in [-0.1, -0.05) is 13.8 Å². The molecule has 0 saturated carbocycles. The van der Waals surface area contributed by atoms with Crippen LogP contribution in [-0.4, -0.2) is 70.9 Å². The zero-order chi connectivity index (χ0) is 13.6. The minimum absolute atomic E-state index is 0.125. The van der Waals surface area contributed by atoms with E-state index < -0.39 is 11.6 Å². The molecule has 0 aromatic heterocycles. The van der Waals surface area contributed by atoms with Gasteiger partial charge >= 0.3 is 5.97 Å².